The second-order valence-electron chi connectivity index (χ2n) is 2.34. The molecule has 0 aromatic rings. The summed E-state index contributed by atoms with van der Waals surface area (Å²) in [4.78, 5) is 14.7. The van der Waals surface area contributed by atoms with Crippen LogP contribution in [-0.4, -0.2) is 17.2 Å². The third-order valence-electron chi connectivity index (χ3n) is 1.41. The molecule has 1 aliphatic rings. The molecule has 60 valence electrons. The largest absolute Gasteiger partial charge is 0.391 e. The first-order chi connectivity index (χ1) is 5.13. The molecule has 11 heavy (non-hydrogen) atoms. The van der Waals surface area contributed by atoms with Crippen LogP contribution in [0.1, 0.15) is 13.8 Å². The smallest absolute Gasteiger partial charge is 0.296 e. The monoisotopic (exact) mass is 156 g/mol. The zero-order valence-electron chi connectivity index (χ0n) is 6.33. The molecule has 0 atom stereocenters. The molecule has 1 heterocycles. The van der Waals surface area contributed by atoms with Gasteiger partial charge in [-0.1, -0.05) is 5.16 Å². The second-order valence-corrected chi connectivity index (χ2v) is 2.34. The van der Waals surface area contributed by atoms with Crippen LogP contribution in [0.3, 0.4) is 0 Å². The quantitative estimate of drug-likeness (QED) is 0.419. The first-order valence-electron chi connectivity index (χ1n) is 3.14. The van der Waals surface area contributed by atoms with E-state index in [9.17, 15) is 10.1 Å². The Hall–Kier alpha value is -1.39. The summed E-state index contributed by atoms with van der Waals surface area (Å²) in [6.45, 7) is 3.44. The first kappa shape index (κ1) is 7.71. The molecule has 0 aliphatic carbocycles. The van der Waals surface area contributed by atoms with Gasteiger partial charge in [0.05, 0.1) is 4.92 Å². The Balaban J connectivity index is 3.04. The number of oxime groups is 1. The Morgan fingerprint density at radius 1 is 1.64 bits per heavy atom. The molecule has 0 aromatic carbocycles. The van der Waals surface area contributed by atoms with E-state index >= 15 is 0 Å². The molecule has 1 rings (SSSR count). The van der Waals surface area contributed by atoms with Crippen molar-refractivity contribution in [3.05, 3.63) is 21.4 Å². The average Bonchev–Trinajstić information content (AvgIpc) is 1.85. The van der Waals surface area contributed by atoms with Crippen LogP contribution in [0.25, 0.3) is 0 Å². The molecular formula is C6H8N2O3. The average molecular weight is 156 g/mol. The molecule has 0 fully saturated rings. The van der Waals surface area contributed by atoms with Crippen molar-refractivity contribution < 1.29 is 9.76 Å². The summed E-state index contributed by atoms with van der Waals surface area (Å²) in [5, 5.41) is 13.9. The predicted octanol–water partition coefficient (Wildman–Crippen LogP) is 0.943. The number of allylic oxidation sites excluding steroid dienone is 1. The van der Waals surface area contributed by atoms with Crippen molar-refractivity contribution in [1.82, 2.24) is 0 Å². The lowest BCUT2D eigenvalue weighted by Crippen LogP contribution is -2.17. The predicted molar refractivity (Wildman–Crippen MR) is 38.8 cm³/mol. The number of nitrogens with zero attached hydrogens (tertiary/aromatic N) is 2. The molecule has 0 N–H and O–H groups in total. The van der Waals surface area contributed by atoms with Gasteiger partial charge in [-0.25, -0.2) is 0 Å². The summed E-state index contributed by atoms with van der Waals surface area (Å²) >= 11 is 0. The zero-order chi connectivity index (χ0) is 8.43. The minimum absolute atomic E-state index is 0.0799. The van der Waals surface area contributed by atoms with Crippen LogP contribution in [0.4, 0.5) is 0 Å². The van der Waals surface area contributed by atoms with Crippen molar-refractivity contribution in [2.45, 2.75) is 13.8 Å². The van der Waals surface area contributed by atoms with Gasteiger partial charge in [0.15, 0.2) is 5.71 Å². The Kier molecular flexibility index (Phi) is 1.89. The fourth-order valence-electron chi connectivity index (χ4n) is 0.934. The van der Waals surface area contributed by atoms with Crippen LogP contribution < -0.4 is 0 Å². The Labute approximate surface area is 63.5 Å². The van der Waals surface area contributed by atoms with Gasteiger partial charge < -0.3 is 4.84 Å². The molecule has 0 saturated carbocycles. The van der Waals surface area contributed by atoms with E-state index in [2.05, 4.69) is 5.16 Å². The van der Waals surface area contributed by atoms with Crippen LogP contribution in [0.2, 0.25) is 0 Å². The molecule has 0 saturated heterocycles. The van der Waals surface area contributed by atoms with Gasteiger partial charge in [0, 0.05) is 5.57 Å². The van der Waals surface area contributed by atoms with Crippen molar-refractivity contribution in [3.63, 3.8) is 0 Å². The molecule has 0 unspecified atom stereocenters. The molecular weight excluding hydrogens is 148 g/mol. The van der Waals surface area contributed by atoms with Gasteiger partial charge in [0.2, 0.25) is 0 Å². The Bertz CT molecular complexity index is 255. The highest BCUT2D eigenvalue weighted by atomic mass is 16.6. The molecule has 5 heteroatoms. The summed E-state index contributed by atoms with van der Waals surface area (Å²) in [6, 6.07) is 0. The molecule has 0 radical (unpaired) electrons. The zero-order valence-corrected chi connectivity index (χ0v) is 6.33. The van der Waals surface area contributed by atoms with Crippen LogP contribution >= 0.6 is 0 Å². The Morgan fingerprint density at radius 2 is 2.27 bits per heavy atom. The maximum absolute atomic E-state index is 10.4. The van der Waals surface area contributed by atoms with Gasteiger partial charge in [0.25, 0.3) is 5.70 Å². The lowest BCUT2D eigenvalue weighted by atomic mass is 10.2. The summed E-state index contributed by atoms with van der Waals surface area (Å²) in [5.74, 6) is 0. The van der Waals surface area contributed by atoms with Crippen molar-refractivity contribution in [3.8, 4) is 0 Å². The van der Waals surface area contributed by atoms with Gasteiger partial charge in [-0.2, -0.15) is 0 Å². The van der Waals surface area contributed by atoms with E-state index in [1.165, 1.54) is 0 Å². The first-order valence-corrected chi connectivity index (χ1v) is 3.14. The fourth-order valence-corrected chi connectivity index (χ4v) is 0.934. The maximum atomic E-state index is 10.4. The van der Waals surface area contributed by atoms with Crippen molar-refractivity contribution in [1.29, 1.82) is 0 Å². The number of hydrogen-bond acceptors (Lipinski definition) is 4. The van der Waals surface area contributed by atoms with E-state index in [-0.39, 0.29) is 12.3 Å². The lowest BCUT2D eigenvalue weighted by molar-refractivity contribution is -0.417. The number of hydrogen-bond donors (Lipinski definition) is 0. The van der Waals surface area contributed by atoms with Crippen molar-refractivity contribution in [2.75, 3.05) is 6.61 Å². The summed E-state index contributed by atoms with van der Waals surface area (Å²) in [7, 11) is 0. The highest BCUT2D eigenvalue weighted by Crippen LogP contribution is 2.12. The highest BCUT2D eigenvalue weighted by molar-refractivity contribution is 5.96. The summed E-state index contributed by atoms with van der Waals surface area (Å²) in [6.07, 6.45) is 0. The third-order valence-corrected chi connectivity index (χ3v) is 1.41. The minimum atomic E-state index is -0.434. The van der Waals surface area contributed by atoms with Gasteiger partial charge in [-0.15, -0.1) is 0 Å². The molecule has 0 aromatic heterocycles. The van der Waals surface area contributed by atoms with Gasteiger partial charge in [-0.05, 0) is 13.8 Å². The molecule has 0 bridgehead atoms. The minimum Gasteiger partial charge on any atom is -0.391 e. The number of nitro groups is 1. The van der Waals surface area contributed by atoms with E-state index in [0.29, 0.717) is 11.3 Å². The van der Waals surface area contributed by atoms with Crippen LogP contribution in [0.15, 0.2) is 16.4 Å². The molecule has 0 amide bonds. The molecule has 0 spiro atoms. The van der Waals surface area contributed by atoms with E-state index < -0.39 is 4.92 Å². The molecule has 1 aliphatic heterocycles. The fraction of sp³-hybridized carbons (Fsp3) is 0.500. The normalized spacial score (nSPS) is 17.5. The van der Waals surface area contributed by atoms with Crippen molar-refractivity contribution in [2.24, 2.45) is 5.16 Å². The topological polar surface area (TPSA) is 64.7 Å². The lowest BCUT2D eigenvalue weighted by Gasteiger charge is -2.08. The van der Waals surface area contributed by atoms with Crippen LogP contribution in [0.5, 0.6) is 0 Å². The maximum Gasteiger partial charge on any atom is 0.296 e. The van der Waals surface area contributed by atoms with Gasteiger partial charge in [0.1, 0.15) is 6.61 Å². The van der Waals surface area contributed by atoms with E-state index in [0.717, 1.165) is 0 Å². The Morgan fingerprint density at radius 3 is 2.64 bits per heavy atom. The van der Waals surface area contributed by atoms with Gasteiger partial charge >= 0.3 is 0 Å². The van der Waals surface area contributed by atoms with Gasteiger partial charge in [-0.3, -0.25) is 10.1 Å². The van der Waals surface area contributed by atoms with Crippen LogP contribution in [0, 0.1) is 10.1 Å². The third kappa shape index (κ3) is 1.36. The van der Waals surface area contributed by atoms with E-state index in [1.54, 1.807) is 13.8 Å². The summed E-state index contributed by atoms with van der Waals surface area (Å²) < 4.78 is 0. The highest BCUT2D eigenvalue weighted by Gasteiger charge is 2.23. The SMILES string of the molecule is CC1=NOCC(C)=C1[N+](=O)[O-]. The second kappa shape index (κ2) is 2.69. The number of rotatable bonds is 1. The van der Waals surface area contributed by atoms with Crippen LogP contribution in [-0.2, 0) is 4.84 Å². The van der Waals surface area contributed by atoms with Crippen molar-refractivity contribution >= 4 is 5.71 Å². The summed E-state index contributed by atoms with van der Waals surface area (Å²) in [5.41, 5.74) is 1.03. The van der Waals surface area contributed by atoms with E-state index in [1.807, 2.05) is 0 Å². The van der Waals surface area contributed by atoms with E-state index in [4.69, 9.17) is 4.84 Å². The standard InChI is InChI=1S/C6H8N2O3/c1-4-3-11-7-5(2)6(4)8(9)10/h3H2,1-2H3. The molecule has 5 nitrogen and oxygen atoms in total.